The molecule has 0 atom stereocenters. The van der Waals surface area contributed by atoms with Gasteiger partial charge in [-0.1, -0.05) is 0 Å². The monoisotopic (exact) mass is 260 g/mol. The molecule has 12 heteroatoms. The van der Waals surface area contributed by atoms with E-state index < -0.39 is 12.6 Å². The summed E-state index contributed by atoms with van der Waals surface area (Å²) in [5.74, 6) is 10.1. The summed E-state index contributed by atoms with van der Waals surface area (Å²) in [5.41, 5.74) is 0. The van der Waals surface area contributed by atoms with Crippen LogP contribution in [0.25, 0.3) is 0 Å². The summed E-state index contributed by atoms with van der Waals surface area (Å²) < 4.78 is 1.87. The number of hydrogen-bond donors (Lipinski definition) is 6. The Morgan fingerprint density at radius 3 is 1.28 bits per heavy atom. The van der Waals surface area contributed by atoms with Crippen molar-refractivity contribution in [2.45, 2.75) is 12.6 Å². The van der Waals surface area contributed by atoms with E-state index in [-0.39, 0.29) is 11.6 Å². The van der Waals surface area contributed by atoms with Crippen LogP contribution in [0.4, 0.5) is 0 Å². The van der Waals surface area contributed by atoms with Crippen LogP contribution in [0.1, 0.15) is 24.2 Å². The van der Waals surface area contributed by atoms with Gasteiger partial charge in [0.15, 0.2) is 0 Å². The number of nitrogen functional groups attached to an aromatic ring is 2. The minimum absolute atomic E-state index is 0.0741. The lowest BCUT2D eigenvalue weighted by atomic mass is 10.6. The molecule has 0 aliphatic rings. The van der Waals surface area contributed by atoms with Crippen LogP contribution in [-0.4, -0.2) is 50.2 Å². The largest absolute Gasteiger partial charge is 0.362 e. The van der Waals surface area contributed by atoms with E-state index in [0.717, 1.165) is 9.35 Å². The molecule has 0 amide bonds. The molecule has 0 aliphatic heterocycles. The van der Waals surface area contributed by atoms with Crippen molar-refractivity contribution < 1.29 is 20.4 Å². The lowest BCUT2D eigenvalue weighted by Gasteiger charge is -1.98. The Labute approximate surface area is 99.7 Å². The summed E-state index contributed by atoms with van der Waals surface area (Å²) in [7, 11) is 0. The van der Waals surface area contributed by atoms with Gasteiger partial charge < -0.3 is 32.1 Å². The molecule has 0 aliphatic carbocycles. The third kappa shape index (κ3) is 3.36. The van der Waals surface area contributed by atoms with Crippen molar-refractivity contribution in [3.05, 3.63) is 24.3 Å². The highest BCUT2D eigenvalue weighted by atomic mass is 16.5. The van der Waals surface area contributed by atoms with Gasteiger partial charge in [0.05, 0.1) is 0 Å². The van der Waals surface area contributed by atoms with Crippen molar-refractivity contribution in [1.29, 1.82) is 0 Å². The summed E-state index contributed by atoms with van der Waals surface area (Å²) in [6.07, 6.45) is -0.959. The van der Waals surface area contributed by atoms with E-state index in [0.29, 0.717) is 0 Å². The Morgan fingerprint density at radius 2 is 1.17 bits per heavy atom. The maximum Gasteiger partial charge on any atom is 0.216 e. The Hall–Kier alpha value is -2.28. The standard InChI is InChI=1S/2C3H6N4O2/c2*4-7-1-5-6-2(7)3(8)9/h2*1,3,8-9H,4H2. The lowest BCUT2D eigenvalue weighted by Crippen LogP contribution is -2.14. The molecular weight excluding hydrogens is 248 g/mol. The Kier molecular flexibility index (Phi) is 4.50. The van der Waals surface area contributed by atoms with Crippen molar-refractivity contribution in [2.75, 3.05) is 11.7 Å². The van der Waals surface area contributed by atoms with E-state index in [1.54, 1.807) is 0 Å². The van der Waals surface area contributed by atoms with E-state index in [9.17, 15) is 0 Å². The van der Waals surface area contributed by atoms with Crippen molar-refractivity contribution in [3.63, 3.8) is 0 Å². The highest BCUT2D eigenvalue weighted by Crippen LogP contribution is 2.00. The van der Waals surface area contributed by atoms with Crippen molar-refractivity contribution >= 4 is 0 Å². The predicted octanol–water partition coefficient (Wildman–Crippen LogP) is -4.05. The van der Waals surface area contributed by atoms with Crippen molar-refractivity contribution in [1.82, 2.24) is 29.7 Å². The molecule has 100 valence electrons. The summed E-state index contributed by atoms with van der Waals surface area (Å²) in [4.78, 5) is 0. The first-order valence-corrected chi connectivity index (χ1v) is 4.45. The molecule has 0 bridgehead atoms. The first kappa shape index (κ1) is 13.8. The van der Waals surface area contributed by atoms with Gasteiger partial charge in [0.2, 0.25) is 24.2 Å². The molecular formula is C6H12N8O4. The summed E-state index contributed by atoms with van der Waals surface area (Å²) >= 11 is 0. The first-order valence-electron chi connectivity index (χ1n) is 4.45. The zero-order valence-electron chi connectivity index (χ0n) is 8.94. The molecule has 0 saturated carbocycles. The maximum absolute atomic E-state index is 8.45. The Morgan fingerprint density at radius 1 is 0.833 bits per heavy atom. The second-order valence-electron chi connectivity index (χ2n) is 2.94. The van der Waals surface area contributed by atoms with E-state index in [4.69, 9.17) is 32.1 Å². The van der Waals surface area contributed by atoms with E-state index >= 15 is 0 Å². The Balaban J connectivity index is 0.000000180. The Bertz CT molecular complexity index is 435. The quantitative estimate of drug-likeness (QED) is 0.228. The predicted molar refractivity (Wildman–Crippen MR) is 54.7 cm³/mol. The fourth-order valence-corrected chi connectivity index (χ4v) is 0.873. The van der Waals surface area contributed by atoms with E-state index in [1.807, 2.05) is 0 Å². The van der Waals surface area contributed by atoms with Crippen molar-refractivity contribution in [2.24, 2.45) is 0 Å². The summed E-state index contributed by atoms with van der Waals surface area (Å²) in [6.45, 7) is 0. The number of rotatable bonds is 2. The zero-order chi connectivity index (χ0) is 13.7. The zero-order valence-corrected chi connectivity index (χ0v) is 8.94. The molecule has 0 aromatic carbocycles. The summed E-state index contributed by atoms with van der Waals surface area (Å²) in [6, 6.07) is 0. The van der Waals surface area contributed by atoms with Crippen LogP contribution in [-0.2, 0) is 0 Å². The van der Waals surface area contributed by atoms with Gasteiger partial charge in [-0.05, 0) is 0 Å². The number of aromatic nitrogens is 6. The van der Waals surface area contributed by atoms with Crippen LogP contribution in [0.2, 0.25) is 0 Å². The number of aliphatic hydroxyl groups excluding tert-OH is 2. The molecule has 8 N–H and O–H groups in total. The number of hydrogen-bond acceptors (Lipinski definition) is 10. The molecule has 12 nitrogen and oxygen atoms in total. The van der Waals surface area contributed by atoms with E-state index in [1.165, 1.54) is 12.7 Å². The SMILES string of the molecule is Nn1cnnc1C(O)O.Nn1cnnc1C(O)O. The van der Waals surface area contributed by atoms with Crippen LogP contribution in [0, 0.1) is 0 Å². The molecule has 0 saturated heterocycles. The van der Waals surface area contributed by atoms with E-state index in [2.05, 4.69) is 20.4 Å². The third-order valence-corrected chi connectivity index (χ3v) is 1.66. The van der Waals surface area contributed by atoms with Crippen LogP contribution >= 0.6 is 0 Å². The van der Waals surface area contributed by atoms with Gasteiger partial charge in [0.1, 0.15) is 12.7 Å². The van der Waals surface area contributed by atoms with Gasteiger partial charge >= 0.3 is 0 Å². The lowest BCUT2D eigenvalue weighted by molar-refractivity contribution is -0.0516. The van der Waals surface area contributed by atoms with Crippen molar-refractivity contribution in [3.8, 4) is 0 Å². The molecule has 0 unspecified atom stereocenters. The van der Waals surface area contributed by atoms with Gasteiger partial charge in [-0.3, -0.25) is 0 Å². The molecule has 0 spiro atoms. The molecule has 0 fully saturated rings. The molecule has 0 radical (unpaired) electrons. The summed E-state index contributed by atoms with van der Waals surface area (Å²) in [5, 5.41) is 47.0. The molecule has 2 rings (SSSR count). The fourth-order valence-electron chi connectivity index (χ4n) is 0.873. The van der Waals surface area contributed by atoms with Gasteiger partial charge in [-0.15, -0.1) is 20.4 Å². The van der Waals surface area contributed by atoms with Crippen LogP contribution in [0.5, 0.6) is 0 Å². The fraction of sp³-hybridized carbons (Fsp3) is 0.333. The maximum atomic E-state index is 8.45. The van der Waals surface area contributed by atoms with Crippen LogP contribution < -0.4 is 11.7 Å². The number of nitrogens with two attached hydrogens (primary N) is 2. The van der Waals surface area contributed by atoms with Crippen LogP contribution in [0.3, 0.4) is 0 Å². The highest BCUT2D eigenvalue weighted by Gasteiger charge is 2.08. The molecule has 2 aromatic rings. The average Bonchev–Trinajstić information content (AvgIpc) is 2.87. The smallest absolute Gasteiger partial charge is 0.216 e. The van der Waals surface area contributed by atoms with Gasteiger partial charge in [-0.2, -0.15) is 0 Å². The van der Waals surface area contributed by atoms with Gasteiger partial charge in [0.25, 0.3) is 0 Å². The average molecular weight is 260 g/mol. The van der Waals surface area contributed by atoms with Gasteiger partial charge in [0, 0.05) is 0 Å². The second kappa shape index (κ2) is 5.87. The van der Waals surface area contributed by atoms with Gasteiger partial charge in [-0.25, -0.2) is 9.35 Å². The van der Waals surface area contributed by atoms with Crippen LogP contribution in [0.15, 0.2) is 12.7 Å². The highest BCUT2D eigenvalue weighted by molar-refractivity contribution is 4.85. The number of aliphatic hydroxyl groups is 4. The minimum atomic E-state index is -1.66. The normalized spacial score (nSPS) is 10.6. The second-order valence-corrected chi connectivity index (χ2v) is 2.94. The molecule has 18 heavy (non-hydrogen) atoms. The molecule has 2 heterocycles. The first-order chi connectivity index (χ1) is 8.43. The molecule has 2 aromatic heterocycles. The topological polar surface area (TPSA) is 194 Å². The number of nitrogens with zero attached hydrogens (tertiary/aromatic N) is 6. The third-order valence-electron chi connectivity index (χ3n) is 1.66. The minimum Gasteiger partial charge on any atom is -0.362 e.